The van der Waals surface area contributed by atoms with Crippen LogP contribution in [0.1, 0.15) is 26.3 Å². The predicted molar refractivity (Wildman–Crippen MR) is 120 cm³/mol. The number of para-hydroxylation sites is 1. The molecule has 0 atom stereocenters. The summed E-state index contributed by atoms with van der Waals surface area (Å²) in [5.41, 5.74) is 2.65. The number of nitrogens with zero attached hydrogens (tertiary/aromatic N) is 2. The second-order valence-electron chi connectivity index (χ2n) is 7.01. The van der Waals surface area contributed by atoms with Crippen LogP contribution in [0, 0.1) is 11.4 Å². The molecule has 2 aromatic carbocycles. The molecule has 1 aliphatic heterocycles. The van der Waals surface area contributed by atoms with Crippen LogP contribution in [0.4, 0.5) is 0 Å². The molecule has 0 amide bonds. The zero-order valence-electron chi connectivity index (χ0n) is 16.2. The first-order valence-corrected chi connectivity index (χ1v) is 10.8. The number of halogens is 1. The number of ketones is 1. The highest BCUT2D eigenvalue weighted by Gasteiger charge is 2.32. The number of carbonyl (C=O) groups is 2. The summed E-state index contributed by atoms with van der Waals surface area (Å²) in [6.45, 7) is 0. The van der Waals surface area contributed by atoms with Gasteiger partial charge in [0, 0.05) is 5.02 Å². The summed E-state index contributed by atoms with van der Waals surface area (Å²) in [5.74, 6) is -0.335. The molecule has 7 heteroatoms. The summed E-state index contributed by atoms with van der Waals surface area (Å²) in [5, 5.41) is 5.99. The van der Waals surface area contributed by atoms with Crippen LogP contribution < -0.4 is 9.88 Å². The number of pyridine rings is 1. The SMILES string of the molecule is O=C(c1c[n+](C(=O)c2ccc(Cl)cc2)[c-]2ccccc12)[C-]1C=[S+][C-](c2cccnc2)[NH2+]1. The minimum absolute atomic E-state index is 0.120. The van der Waals surface area contributed by atoms with Crippen LogP contribution in [-0.2, 0) is 11.4 Å². The number of aromatic nitrogens is 2. The minimum Gasteiger partial charge on any atom is -0.346 e. The van der Waals surface area contributed by atoms with E-state index in [1.165, 1.54) is 15.9 Å². The molecule has 0 radical (unpaired) electrons. The summed E-state index contributed by atoms with van der Waals surface area (Å²) in [6, 6.07) is 18.6. The molecule has 0 unspecified atom stereocenters. The molecule has 5 nitrogen and oxygen atoms in total. The highest BCUT2D eigenvalue weighted by Crippen LogP contribution is 2.21. The van der Waals surface area contributed by atoms with Crippen LogP contribution in [0.5, 0.6) is 0 Å². The van der Waals surface area contributed by atoms with Crippen molar-refractivity contribution in [2.45, 2.75) is 0 Å². The van der Waals surface area contributed by atoms with Gasteiger partial charge in [-0.2, -0.15) is 0 Å². The van der Waals surface area contributed by atoms with Crippen LogP contribution in [0.3, 0.4) is 0 Å². The van der Waals surface area contributed by atoms with Crippen LogP contribution in [0.2, 0.25) is 5.02 Å². The molecule has 4 aromatic rings. The number of fused-ring (bicyclic) bond motifs is 1. The Bertz CT molecular complexity index is 1320. The lowest BCUT2D eigenvalue weighted by atomic mass is 10.0. The number of rotatable bonds is 4. The largest absolute Gasteiger partial charge is 0.369 e. The summed E-state index contributed by atoms with van der Waals surface area (Å²) in [6.07, 6.45) is 5.12. The third-order valence-electron chi connectivity index (χ3n) is 5.07. The van der Waals surface area contributed by atoms with Crippen LogP contribution in [-0.4, -0.2) is 22.0 Å². The summed E-state index contributed by atoms with van der Waals surface area (Å²) >= 11 is 7.45. The molecule has 0 saturated carbocycles. The average Bonchev–Trinajstić information content (AvgIpc) is 3.45. The Kier molecular flexibility index (Phi) is 5.03. The van der Waals surface area contributed by atoms with E-state index in [2.05, 4.69) is 4.98 Å². The second-order valence-corrected chi connectivity index (χ2v) is 8.36. The molecule has 0 aliphatic carbocycles. The van der Waals surface area contributed by atoms with Gasteiger partial charge in [0.15, 0.2) is 16.7 Å². The Balaban J connectivity index is 1.48. The van der Waals surface area contributed by atoms with Crippen molar-refractivity contribution in [2.24, 2.45) is 0 Å². The number of Topliss-reactive ketones (excluding diaryl/α,β-unsaturated/α-hetero) is 1. The fraction of sp³-hybridized carbons (Fsp3) is 0. The first-order chi connectivity index (χ1) is 15.1. The normalized spacial score (nSPS) is 13.2. The third-order valence-corrected chi connectivity index (χ3v) is 6.31. The van der Waals surface area contributed by atoms with Crippen LogP contribution in [0.25, 0.3) is 10.9 Å². The van der Waals surface area contributed by atoms with Gasteiger partial charge in [0.1, 0.15) is 5.52 Å². The van der Waals surface area contributed by atoms with Crippen molar-refractivity contribution in [3.05, 3.63) is 112 Å². The van der Waals surface area contributed by atoms with Gasteiger partial charge in [-0.1, -0.05) is 34.8 Å². The maximum absolute atomic E-state index is 13.4. The van der Waals surface area contributed by atoms with E-state index < -0.39 is 0 Å². The molecule has 0 saturated heterocycles. The molecule has 0 spiro atoms. The lowest BCUT2D eigenvalue weighted by molar-refractivity contribution is -0.580. The van der Waals surface area contributed by atoms with Crippen molar-refractivity contribution in [3.8, 4) is 0 Å². The fourth-order valence-corrected chi connectivity index (χ4v) is 4.54. The van der Waals surface area contributed by atoms with Gasteiger partial charge < -0.3 is 15.1 Å². The Morgan fingerprint density at radius 2 is 1.90 bits per heavy atom. The van der Waals surface area contributed by atoms with Crippen LogP contribution >= 0.6 is 11.6 Å². The number of benzene rings is 2. The van der Waals surface area contributed by atoms with Crippen molar-refractivity contribution in [1.29, 1.82) is 0 Å². The molecule has 2 N–H and O–H groups in total. The Hall–Kier alpha value is -3.45. The lowest BCUT2D eigenvalue weighted by Gasteiger charge is -2.14. The van der Waals surface area contributed by atoms with Gasteiger partial charge in [-0.25, -0.2) is 4.57 Å². The van der Waals surface area contributed by atoms with Gasteiger partial charge in [-0.15, -0.1) is 24.3 Å². The molecule has 2 aromatic heterocycles. The molecule has 0 bridgehead atoms. The molecular formula is C24H16ClN3O2S. The maximum atomic E-state index is 13.4. The number of hydrogen-bond donors (Lipinski definition) is 1. The number of carbonyl (C=O) groups excluding carboxylic acids is 2. The minimum atomic E-state index is -0.215. The summed E-state index contributed by atoms with van der Waals surface area (Å²) < 4.78 is 1.53. The van der Waals surface area contributed by atoms with Crippen molar-refractivity contribution >= 4 is 50.9 Å². The van der Waals surface area contributed by atoms with Gasteiger partial charge in [-0.05, 0) is 42.1 Å². The highest BCUT2D eigenvalue weighted by molar-refractivity contribution is 7.81. The van der Waals surface area contributed by atoms with Crippen molar-refractivity contribution in [3.63, 3.8) is 0 Å². The van der Waals surface area contributed by atoms with Gasteiger partial charge >= 0.3 is 5.91 Å². The number of nitrogens with two attached hydrogens (primary N) is 1. The molecule has 5 rings (SSSR count). The number of hydrogen-bond acceptors (Lipinski definition) is 3. The van der Waals surface area contributed by atoms with E-state index in [9.17, 15) is 9.59 Å². The molecular weight excluding hydrogens is 430 g/mol. The Labute approximate surface area is 187 Å². The zero-order chi connectivity index (χ0) is 21.4. The summed E-state index contributed by atoms with van der Waals surface area (Å²) in [7, 11) is 0. The van der Waals surface area contributed by atoms with Crippen molar-refractivity contribution in [1.82, 2.24) is 4.98 Å². The first-order valence-electron chi connectivity index (χ1n) is 9.56. The van der Waals surface area contributed by atoms with Gasteiger partial charge in [0.05, 0.1) is 23.6 Å². The van der Waals surface area contributed by atoms with E-state index in [0.717, 1.165) is 16.3 Å². The zero-order valence-corrected chi connectivity index (χ0v) is 17.7. The van der Waals surface area contributed by atoms with E-state index in [1.807, 2.05) is 47.1 Å². The first kappa shape index (κ1) is 19.5. The van der Waals surface area contributed by atoms with Crippen LogP contribution in [0.15, 0.2) is 79.3 Å². The Morgan fingerprint density at radius 1 is 1.06 bits per heavy atom. The van der Waals surface area contributed by atoms with Crippen molar-refractivity contribution < 1.29 is 19.5 Å². The topological polar surface area (TPSA) is 67.5 Å². The predicted octanol–water partition coefficient (Wildman–Crippen LogP) is 2.30. The van der Waals surface area contributed by atoms with E-state index >= 15 is 0 Å². The van der Waals surface area contributed by atoms with Gasteiger partial charge in [0.2, 0.25) is 0 Å². The molecule has 152 valence electrons. The van der Waals surface area contributed by atoms with E-state index in [1.54, 1.807) is 42.9 Å². The molecule has 1 aliphatic rings. The summed E-state index contributed by atoms with van der Waals surface area (Å²) in [4.78, 5) is 30.7. The third kappa shape index (κ3) is 3.61. The van der Waals surface area contributed by atoms with Gasteiger partial charge in [-0.3, -0.25) is 4.79 Å². The van der Waals surface area contributed by atoms with E-state index in [4.69, 9.17) is 11.6 Å². The van der Waals surface area contributed by atoms with E-state index in [-0.39, 0.29) is 11.7 Å². The van der Waals surface area contributed by atoms with E-state index in [0.29, 0.717) is 27.7 Å². The smallest absolute Gasteiger partial charge is 0.346 e. The fourth-order valence-electron chi connectivity index (χ4n) is 3.53. The quantitative estimate of drug-likeness (QED) is 0.172. The van der Waals surface area contributed by atoms with Crippen molar-refractivity contribution in [2.75, 3.05) is 0 Å². The Morgan fingerprint density at radius 3 is 2.68 bits per heavy atom. The monoisotopic (exact) mass is 445 g/mol. The molecule has 3 heterocycles. The molecule has 0 fully saturated rings. The maximum Gasteiger partial charge on any atom is 0.369 e. The number of quaternary nitrogens is 1. The second kappa shape index (κ2) is 8.00. The van der Waals surface area contributed by atoms with Gasteiger partial charge in [0.25, 0.3) is 5.37 Å². The highest BCUT2D eigenvalue weighted by atomic mass is 35.5. The molecule has 31 heavy (non-hydrogen) atoms. The standard InChI is InChI=1S/C24H16ClN3O2S/c25-17-9-7-15(8-10-17)24(30)28-13-19(18-5-1-2-6-21(18)28)22(29)20-14-31-23(27-20)16-4-3-11-26-12-16/h1-14H,27H2. The lowest BCUT2D eigenvalue weighted by Crippen LogP contribution is -2.86. The average molecular weight is 446 g/mol.